The van der Waals surface area contributed by atoms with Gasteiger partial charge in [-0.2, -0.15) is 0 Å². The number of amides is 1. The molecule has 4 nitrogen and oxygen atoms in total. The van der Waals surface area contributed by atoms with Crippen LogP contribution < -0.4 is 0 Å². The van der Waals surface area contributed by atoms with E-state index in [9.17, 15) is 4.79 Å². The van der Waals surface area contributed by atoms with Gasteiger partial charge in [0.2, 0.25) is 5.91 Å². The summed E-state index contributed by atoms with van der Waals surface area (Å²) in [6, 6.07) is 0.505. The molecule has 90 valence electrons. The number of piperazine rings is 1. The van der Waals surface area contributed by atoms with Gasteiger partial charge in [0.05, 0.1) is 18.8 Å². The van der Waals surface area contributed by atoms with Crippen LogP contribution in [0.3, 0.4) is 0 Å². The highest BCUT2D eigenvalue weighted by Crippen LogP contribution is 2.31. The second kappa shape index (κ2) is 4.18. The minimum Gasteiger partial charge on any atom is -0.377 e. The summed E-state index contributed by atoms with van der Waals surface area (Å²) >= 11 is 0. The zero-order valence-electron chi connectivity index (χ0n) is 10.1. The summed E-state index contributed by atoms with van der Waals surface area (Å²) in [7, 11) is 0. The fourth-order valence-corrected chi connectivity index (χ4v) is 2.71. The van der Waals surface area contributed by atoms with Gasteiger partial charge in [0.1, 0.15) is 0 Å². The van der Waals surface area contributed by atoms with E-state index in [0.717, 1.165) is 32.8 Å². The monoisotopic (exact) mass is 224 g/mol. The van der Waals surface area contributed by atoms with Crippen LogP contribution in [0, 0.1) is 0 Å². The van der Waals surface area contributed by atoms with E-state index in [0.29, 0.717) is 6.04 Å². The number of rotatable bonds is 2. The maximum absolute atomic E-state index is 11.6. The van der Waals surface area contributed by atoms with E-state index >= 15 is 0 Å². The molecular weight excluding hydrogens is 204 g/mol. The first kappa shape index (κ1) is 11.6. The van der Waals surface area contributed by atoms with Crippen molar-refractivity contribution >= 4 is 5.91 Å². The van der Waals surface area contributed by atoms with Gasteiger partial charge in [0.25, 0.3) is 0 Å². The van der Waals surface area contributed by atoms with Gasteiger partial charge in [-0.1, -0.05) is 6.58 Å². The topological polar surface area (TPSA) is 32.8 Å². The third kappa shape index (κ3) is 1.76. The maximum atomic E-state index is 11.6. The predicted octanol–water partition coefficient (Wildman–Crippen LogP) is 0.494. The molecule has 0 atom stereocenters. The van der Waals surface area contributed by atoms with Gasteiger partial charge in [-0.15, -0.1) is 0 Å². The first-order valence-corrected chi connectivity index (χ1v) is 5.85. The third-order valence-electron chi connectivity index (χ3n) is 3.56. The summed E-state index contributed by atoms with van der Waals surface area (Å²) in [5, 5.41) is 0. The Morgan fingerprint density at radius 3 is 2.56 bits per heavy atom. The van der Waals surface area contributed by atoms with E-state index in [4.69, 9.17) is 4.74 Å². The van der Waals surface area contributed by atoms with Crippen LogP contribution in [0.4, 0.5) is 0 Å². The second-order valence-corrected chi connectivity index (χ2v) is 4.97. The quantitative estimate of drug-likeness (QED) is 0.640. The van der Waals surface area contributed by atoms with Crippen LogP contribution in [0.2, 0.25) is 0 Å². The van der Waals surface area contributed by atoms with E-state index in [2.05, 4.69) is 25.3 Å². The normalized spacial score (nSPS) is 24.6. The molecule has 0 radical (unpaired) electrons. The van der Waals surface area contributed by atoms with Crippen LogP contribution in [0.25, 0.3) is 0 Å². The lowest BCUT2D eigenvalue weighted by molar-refractivity contribution is -0.182. The highest BCUT2D eigenvalue weighted by atomic mass is 16.5. The molecule has 4 heteroatoms. The number of ether oxygens (including phenoxy) is 1. The van der Waals surface area contributed by atoms with E-state index in [1.807, 2.05) is 4.90 Å². The molecule has 0 N–H and O–H groups in total. The molecule has 0 aliphatic carbocycles. The highest BCUT2D eigenvalue weighted by molar-refractivity contribution is 5.87. The Bertz CT molecular complexity index is 297. The summed E-state index contributed by atoms with van der Waals surface area (Å²) in [5.41, 5.74) is 0.0606. The SMILES string of the molecule is C=CC(=O)N1CCN(C(C)C)C2(COC2)C1. The van der Waals surface area contributed by atoms with Crippen molar-refractivity contribution in [3.05, 3.63) is 12.7 Å². The fourth-order valence-electron chi connectivity index (χ4n) is 2.71. The first-order chi connectivity index (χ1) is 7.59. The number of carbonyl (C=O) groups excluding carboxylic acids is 1. The van der Waals surface area contributed by atoms with Crippen molar-refractivity contribution in [3.63, 3.8) is 0 Å². The Hall–Kier alpha value is -0.870. The average Bonchev–Trinajstić information content (AvgIpc) is 2.24. The first-order valence-electron chi connectivity index (χ1n) is 5.85. The lowest BCUT2D eigenvalue weighted by Crippen LogP contribution is -2.73. The van der Waals surface area contributed by atoms with E-state index in [1.165, 1.54) is 6.08 Å². The minimum absolute atomic E-state index is 0.0367. The Balaban J connectivity index is 2.10. The second-order valence-electron chi connectivity index (χ2n) is 4.97. The van der Waals surface area contributed by atoms with Crippen molar-refractivity contribution in [2.45, 2.75) is 25.4 Å². The average molecular weight is 224 g/mol. The van der Waals surface area contributed by atoms with Gasteiger partial charge in [-0.3, -0.25) is 9.69 Å². The largest absolute Gasteiger partial charge is 0.377 e. The van der Waals surface area contributed by atoms with Crippen LogP contribution in [-0.4, -0.2) is 60.1 Å². The molecule has 2 saturated heterocycles. The zero-order chi connectivity index (χ0) is 11.8. The Kier molecular flexibility index (Phi) is 3.04. The third-order valence-corrected chi connectivity index (χ3v) is 3.56. The molecule has 1 amide bonds. The number of hydrogen-bond donors (Lipinski definition) is 0. The van der Waals surface area contributed by atoms with E-state index in [1.54, 1.807) is 0 Å². The van der Waals surface area contributed by atoms with Gasteiger partial charge in [0, 0.05) is 25.7 Å². The molecule has 2 heterocycles. The van der Waals surface area contributed by atoms with Gasteiger partial charge in [-0.05, 0) is 19.9 Å². The van der Waals surface area contributed by atoms with E-state index in [-0.39, 0.29) is 11.4 Å². The molecule has 1 spiro atoms. The van der Waals surface area contributed by atoms with Crippen LogP contribution in [0.15, 0.2) is 12.7 Å². The smallest absolute Gasteiger partial charge is 0.246 e. The molecule has 0 aromatic carbocycles. The zero-order valence-corrected chi connectivity index (χ0v) is 10.1. The minimum atomic E-state index is 0.0367. The summed E-state index contributed by atoms with van der Waals surface area (Å²) < 4.78 is 5.35. The number of nitrogens with zero attached hydrogens (tertiary/aromatic N) is 2. The molecule has 0 unspecified atom stereocenters. The molecule has 2 fully saturated rings. The predicted molar refractivity (Wildman–Crippen MR) is 62.2 cm³/mol. The lowest BCUT2D eigenvalue weighted by atomic mass is 9.90. The standard InChI is InChI=1S/C12H20N2O2/c1-4-11(15)13-5-6-14(10(2)3)12(7-13)8-16-9-12/h4,10H,1,5-9H2,2-3H3. The summed E-state index contributed by atoms with van der Waals surface area (Å²) in [5.74, 6) is 0.0367. The Morgan fingerprint density at radius 1 is 1.44 bits per heavy atom. The summed E-state index contributed by atoms with van der Waals surface area (Å²) in [6.45, 7) is 11.9. The van der Waals surface area contributed by atoms with Crippen molar-refractivity contribution in [3.8, 4) is 0 Å². The number of hydrogen-bond acceptors (Lipinski definition) is 3. The van der Waals surface area contributed by atoms with Gasteiger partial charge >= 0.3 is 0 Å². The van der Waals surface area contributed by atoms with Crippen molar-refractivity contribution in [2.75, 3.05) is 32.8 Å². The molecule has 2 rings (SSSR count). The molecule has 2 aliphatic heterocycles. The lowest BCUT2D eigenvalue weighted by Gasteiger charge is -2.56. The van der Waals surface area contributed by atoms with Crippen LogP contribution >= 0.6 is 0 Å². The highest BCUT2D eigenvalue weighted by Gasteiger charge is 2.49. The summed E-state index contributed by atoms with van der Waals surface area (Å²) in [4.78, 5) is 16.0. The van der Waals surface area contributed by atoms with Gasteiger partial charge in [-0.25, -0.2) is 0 Å². The fraction of sp³-hybridized carbons (Fsp3) is 0.750. The van der Waals surface area contributed by atoms with E-state index < -0.39 is 0 Å². The van der Waals surface area contributed by atoms with Crippen molar-refractivity contribution in [2.24, 2.45) is 0 Å². The van der Waals surface area contributed by atoms with Crippen LogP contribution in [0.5, 0.6) is 0 Å². The van der Waals surface area contributed by atoms with Gasteiger partial charge < -0.3 is 9.64 Å². The molecule has 0 aromatic heterocycles. The van der Waals surface area contributed by atoms with Crippen molar-refractivity contribution in [1.82, 2.24) is 9.80 Å². The van der Waals surface area contributed by atoms with Crippen molar-refractivity contribution in [1.29, 1.82) is 0 Å². The summed E-state index contributed by atoms with van der Waals surface area (Å²) in [6.07, 6.45) is 1.40. The maximum Gasteiger partial charge on any atom is 0.246 e. The Labute approximate surface area is 96.8 Å². The number of carbonyl (C=O) groups is 1. The van der Waals surface area contributed by atoms with Gasteiger partial charge in [0.15, 0.2) is 0 Å². The Morgan fingerprint density at radius 2 is 2.12 bits per heavy atom. The molecule has 0 aromatic rings. The van der Waals surface area contributed by atoms with Crippen LogP contribution in [-0.2, 0) is 9.53 Å². The van der Waals surface area contributed by atoms with Crippen molar-refractivity contribution < 1.29 is 9.53 Å². The molecule has 16 heavy (non-hydrogen) atoms. The molecule has 0 saturated carbocycles. The molecular formula is C12H20N2O2. The molecule has 0 bridgehead atoms. The van der Waals surface area contributed by atoms with Crippen LogP contribution in [0.1, 0.15) is 13.8 Å². The molecule has 2 aliphatic rings.